The molecule has 0 amide bonds. The molecule has 6 nitrogen and oxygen atoms in total. The van der Waals surface area contributed by atoms with Crippen LogP contribution < -0.4 is 16.4 Å². The van der Waals surface area contributed by atoms with E-state index in [4.69, 9.17) is 5.73 Å². The summed E-state index contributed by atoms with van der Waals surface area (Å²) in [6.07, 6.45) is 0. The van der Waals surface area contributed by atoms with Crippen LogP contribution in [0.5, 0.6) is 5.75 Å². The molecule has 0 aliphatic heterocycles. The molecule has 3 aromatic carbocycles. The number of benzene rings is 3. The van der Waals surface area contributed by atoms with Gasteiger partial charge in [0.1, 0.15) is 5.75 Å². The second-order valence-corrected chi connectivity index (χ2v) is 7.32. The Bertz CT molecular complexity index is 1150. The Morgan fingerprint density at radius 1 is 0.862 bits per heavy atom. The lowest BCUT2D eigenvalue weighted by molar-refractivity contribution is 0.0978. The van der Waals surface area contributed by atoms with Crippen molar-refractivity contribution in [2.45, 2.75) is 19.9 Å². The number of anilines is 4. The fourth-order valence-corrected chi connectivity index (χ4v) is 3.61. The zero-order valence-corrected chi connectivity index (χ0v) is 16.1. The highest BCUT2D eigenvalue weighted by atomic mass is 16.3. The Morgan fingerprint density at radius 2 is 1.55 bits per heavy atom. The van der Waals surface area contributed by atoms with Crippen molar-refractivity contribution in [3.63, 3.8) is 0 Å². The third-order valence-corrected chi connectivity index (χ3v) is 4.78. The first-order chi connectivity index (χ1) is 13.9. The molecule has 0 unspecified atom stereocenters. The maximum Gasteiger partial charge on any atom is 0.200 e. The van der Waals surface area contributed by atoms with Crippen LogP contribution in [0.1, 0.15) is 45.7 Å². The smallest absolute Gasteiger partial charge is 0.200 e. The first-order valence-corrected chi connectivity index (χ1v) is 9.34. The second kappa shape index (κ2) is 6.98. The third kappa shape index (κ3) is 3.18. The average Bonchev–Trinajstić information content (AvgIpc) is 2.66. The SMILES string of the molecule is CC(C)Nc1ccc(Nc2cccc(N)c2)c2c1C(=O)c1cccc(O)c1C2=O. The summed E-state index contributed by atoms with van der Waals surface area (Å²) in [5.74, 6) is -0.903. The Kier molecular flexibility index (Phi) is 4.47. The number of aromatic hydroxyl groups is 1. The third-order valence-electron chi connectivity index (χ3n) is 4.78. The van der Waals surface area contributed by atoms with Gasteiger partial charge in [-0.2, -0.15) is 0 Å². The van der Waals surface area contributed by atoms with E-state index in [0.29, 0.717) is 28.3 Å². The summed E-state index contributed by atoms with van der Waals surface area (Å²) in [6.45, 7) is 3.92. The monoisotopic (exact) mass is 387 g/mol. The number of carbonyl (C=O) groups is 2. The summed E-state index contributed by atoms with van der Waals surface area (Å²) in [7, 11) is 0. The molecule has 0 aromatic heterocycles. The van der Waals surface area contributed by atoms with Gasteiger partial charge in [0.2, 0.25) is 0 Å². The van der Waals surface area contributed by atoms with E-state index in [1.165, 1.54) is 6.07 Å². The molecule has 146 valence electrons. The molecule has 6 heteroatoms. The number of hydrogen-bond donors (Lipinski definition) is 4. The number of carbonyl (C=O) groups excluding carboxylic acids is 2. The van der Waals surface area contributed by atoms with Gasteiger partial charge in [-0.25, -0.2) is 0 Å². The number of phenols is 1. The van der Waals surface area contributed by atoms with Gasteiger partial charge in [0.05, 0.1) is 22.4 Å². The molecule has 0 fully saturated rings. The minimum atomic E-state index is -0.397. The number of fused-ring (bicyclic) bond motifs is 2. The van der Waals surface area contributed by atoms with Gasteiger partial charge in [0.15, 0.2) is 11.6 Å². The van der Waals surface area contributed by atoms with E-state index in [9.17, 15) is 14.7 Å². The van der Waals surface area contributed by atoms with E-state index >= 15 is 0 Å². The van der Waals surface area contributed by atoms with E-state index in [0.717, 1.165) is 0 Å². The van der Waals surface area contributed by atoms with Gasteiger partial charge in [-0.05, 0) is 50.2 Å². The minimum absolute atomic E-state index is 0.0299. The first-order valence-electron chi connectivity index (χ1n) is 9.34. The molecular weight excluding hydrogens is 366 g/mol. The van der Waals surface area contributed by atoms with Crippen LogP contribution in [0, 0.1) is 0 Å². The Labute approximate surface area is 168 Å². The standard InChI is InChI=1S/C23H21N3O3/c1-12(2)25-16-9-10-17(26-14-6-3-5-13(24)11-14)21-20(16)22(28)15-7-4-8-18(27)19(15)23(21)29/h3-12,25-27H,24H2,1-2H3. The van der Waals surface area contributed by atoms with Gasteiger partial charge in [0.25, 0.3) is 0 Å². The Morgan fingerprint density at radius 3 is 2.28 bits per heavy atom. The van der Waals surface area contributed by atoms with Crippen molar-refractivity contribution in [2.24, 2.45) is 0 Å². The van der Waals surface area contributed by atoms with Crippen LogP contribution in [-0.4, -0.2) is 22.7 Å². The molecule has 0 saturated heterocycles. The fourth-order valence-electron chi connectivity index (χ4n) is 3.61. The maximum absolute atomic E-state index is 13.4. The van der Waals surface area contributed by atoms with Gasteiger partial charge in [-0.1, -0.05) is 18.2 Å². The summed E-state index contributed by atoms with van der Waals surface area (Å²) in [5, 5.41) is 16.7. The lowest BCUT2D eigenvalue weighted by Crippen LogP contribution is -2.25. The zero-order chi connectivity index (χ0) is 20.7. The lowest BCUT2D eigenvalue weighted by atomic mass is 9.81. The highest BCUT2D eigenvalue weighted by Crippen LogP contribution is 2.40. The summed E-state index contributed by atoms with van der Waals surface area (Å²) in [4.78, 5) is 26.7. The molecule has 29 heavy (non-hydrogen) atoms. The normalized spacial score (nSPS) is 12.5. The number of ketones is 2. The number of hydrogen-bond acceptors (Lipinski definition) is 6. The molecule has 0 spiro atoms. The minimum Gasteiger partial charge on any atom is -0.507 e. The lowest BCUT2D eigenvalue weighted by Gasteiger charge is -2.25. The van der Waals surface area contributed by atoms with Crippen LogP contribution in [0.25, 0.3) is 0 Å². The van der Waals surface area contributed by atoms with Gasteiger partial charge >= 0.3 is 0 Å². The number of nitrogens with two attached hydrogens (primary N) is 1. The van der Waals surface area contributed by atoms with Crippen molar-refractivity contribution < 1.29 is 14.7 Å². The molecule has 0 heterocycles. The van der Waals surface area contributed by atoms with E-state index in [1.54, 1.807) is 42.5 Å². The molecule has 1 aliphatic rings. The Balaban J connectivity index is 1.93. The molecule has 3 aromatic rings. The van der Waals surface area contributed by atoms with Gasteiger partial charge in [0, 0.05) is 28.7 Å². The largest absolute Gasteiger partial charge is 0.507 e. The number of rotatable bonds is 4. The van der Waals surface area contributed by atoms with Gasteiger partial charge < -0.3 is 21.5 Å². The molecule has 5 N–H and O–H groups in total. The summed E-state index contributed by atoms with van der Waals surface area (Å²) >= 11 is 0. The molecular formula is C23H21N3O3. The number of phenolic OH excluding ortho intramolecular Hbond substituents is 1. The fraction of sp³-hybridized carbons (Fsp3) is 0.130. The topological polar surface area (TPSA) is 104 Å². The van der Waals surface area contributed by atoms with E-state index in [2.05, 4.69) is 10.6 Å². The average molecular weight is 387 g/mol. The molecule has 1 aliphatic carbocycles. The van der Waals surface area contributed by atoms with Crippen LogP contribution in [0.2, 0.25) is 0 Å². The maximum atomic E-state index is 13.4. The predicted molar refractivity (Wildman–Crippen MR) is 114 cm³/mol. The van der Waals surface area contributed by atoms with Crippen molar-refractivity contribution in [1.29, 1.82) is 0 Å². The molecule has 0 saturated carbocycles. The summed E-state index contributed by atoms with van der Waals surface area (Å²) in [5.41, 5.74) is 8.96. The quantitative estimate of drug-likeness (QED) is 0.389. The predicted octanol–water partition coefficient (Wildman–Crippen LogP) is 4.31. The van der Waals surface area contributed by atoms with Crippen LogP contribution in [0.3, 0.4) is 0 Å². The highest BCUT2D eigenvalue weighted by molar-refractivity contribution is 6.32. The van der Waals surface area contributed by atoms with Crippen molar-refractivity contribution in [2.75, 3.05) is 16.4 Å². The van der Waals surface area contributed by atoms with E-state index < -0.39 is 5.78 Å². The second-order valence-electron chi connectivity index (χ2n) is 7.32. The first kappa shape index (κ1) is 18.6. The van der Waals surface area contributed by atoms with Gasteiger partial charge in [-0.15, -0.1) is 0 Å². The van der Waals surface area contributed by atoms with E-state index in [-0.39, 0.29) is 34.3 Å². The number of nitrogen functional groups attached to an aromatic ring is 1. The summed E-state index contributed by atoms with van der Waals surface area (Å²) < 4.78 is 0. The van der Waals surface area contributed by atoms with Crippen molar-refractivity contribution in [3.05, 3.63) is 76.9 Å². The van der Waals surface area contributed by atoms with Crippen LogP contribution in [-0.2, 0) is 0 Å². The van der Waals surface area contributed by atoms with Crippen molar-refractivity contribution in [3.8, 4) is 5.75 Å². The van der Waals surface area contributed by atoms with Crippen LogP contribution in [0.4, 0.5) is 22.7 Å². The van der Waals surface area contributed by atoms with Gasteiger partial charge in [-0.3, -0.25) is 9.59 Å². The Hall–Kier alpha value is -3.80. The molecule has 0 radical (unpaired) electrons. The molecule has 0 bridgehead atoms. The van der Waals surface area contributed by atoms with Crippen LogP contribution in [0.15, 0.2) is 54.6 Å². The summed E-state index contributed by atoms with van der Waals surface area (Å²) in [6, 6.07) is 15.3. The van der Waals surface area contributed by atoms with Crippen molar-refractivity contribution in [1.82, 2.24) is 0 Å². The zero-order valence-electron chi connectivity index (χ0n) is 16.1. The number of nitrogens with one attached hydrogen (secondary N) is 2. The van der Waals surface area contributed by atoms with Crippen LogP contribution >= 0.6 is 0 Å². The van der Waals surface area contributed by atoms with Crippen molar-refractivity contribution >= 4 is 34.3 Å². The highest BCUT2D eigenvalue weighted by Gasteiger charge is 2.36. The molecule has 0 atom stereocenters. The van der Waals surface area contributed by atoms with E-state index in [1.807, 2.05) is 19.9 Å². The molecule has 4 rings (SSSR count).